The summed E-state index contributed by atoms with van der Waals surface area (Å²) in [4.78, 5) is 15.8. The van der Waals surface area contributed by atoms with Gasteiger partial charge in [-0.2, -0.15) is 0 Å². The van der Waals surface area contributed by atoms with Crippen LogP contribution in [0.25, 0.3) is 0 Å². The summed E-state index contributed by atoms with van der Waals surface area (Å²) in [6, 6.07) is 5.21. The molecule has 0 aliphatic carbocycles. The molecule has 2 rings (SSSR count). The summed E-state index contributed by atoms with van der Waals surface area (Å²) in [6.45, 7) is 0. The monoisotopic (exact) mass is 314 g/mol. The minimum atomic E-state index is -0.595. The van der Waals surface area contributed by atoms with Crippen molar-refractivity contribution in [1.82, 2.24) is 4.98 Å². The van der Waals surface area contributed by atoms with Crippen molar-refractivity contribution in [2.75, 3.05) is 10.7 Å². The predicted octanol–water partition coefficient (Wildman–Crippen LogP) is 3.07. The number of rotatable bonds is 3. The molecule has 0 fully saturated rings. The van der Waals surface area contributed by atoms with E-state index in [1.165, 1.54) is 24.4 Å². The highest BCUT2D eigenvalue weighted by Crippen LogP contribution is 2.22. The third-order valence-corrected chi connectivity index (χ3v) is 2.94. The molecule has 1 heterocycles. The van der Waals surface area contributed by atoms with Gasteiger partial charge in [0, 0.05) is 11.2 Å². The second kappa shape index (κ2) is 6.04. The fraction of sp³-hybridized carbons (Fsp3) is 0. The molecule has 1 amide bonds. The Morgan fingerprint density at radius 3 is 2.70 bits per heavy atom. The van der Waals surface area contributed by atoms with Crippen LogP contribution in [0.2, 0.25) is 10.0 Å². The van der Waals surface area contributed by atoms with E-state index < -0.39 is 11.7 Å². The van der Waals surface area contributed by atoms with E-state index in [1.54, 1.807) is 0 Å². The average Bonchev–Trinajstić information content (AvgIpc) is 2.42. The topological polar surface area (TPSA) is 80.0 Å². The minimum absolute atomic E-state index is 0.0281. The molecule has 0 aliphatic rings. The van der Waals surface area contributed by atoms with Crippen molar-refractivity contribution in [3.05, 3.63) is 51.9 Å². The Kier molecular flexibility index (Phi) is 4.39. The highest BCUT2D eigenvalue weighted by molar-refractivity contribution is 6.33. The van der Waals surface area contributed by atoms with Crippen LogP contribution in [0.5, 0.6) is 0 Å². The summed E-state index contributed by atoms with van der Waals surface area (Å²) in [5, 5.41) is 2.86. The van der Waals surface area contributed by atoms with Crippen LogP contribution in [0.1, 0.15) is 10.4 Å². The number of pyridine rings is 1. The van der Waals surface area contributed by atoms with Gasteiger partial charge in [0.15, 0.2) is 5.82 Å². The predicted molar refractivity (Wildman–Crippen MR) is 76.4 cm³/mol. The number of benzene rings is 1. The summed E-state index contributed by atoms with van der Waals surface area (Å²) < 4.78 is 13.5. The van der Waals surface area contributed by atoms with E-state index in [9.17, 15) is 9.18 Å². The molecule has 8 heteroatoms. The molecule has 2 aromatic rings. The fourth-order valence-corrected chi connectivity index (χ4v) is 1.85. The largest absolute Gasteiger partial charge is 0.319 e. The first-order chi connectivity index (χ1) is 9.51. The number of hydrogen-bond acceptors (Lipinski definition) is 4. The number of hydrogen-bond donors (Lipinski definition) is 3. The van der Waals surface area contributed by atoms with Crippen LogP contribution in [0.3, 0.4) is 0 Å². The number of halogens is 3. The SMILES string of the molecule is NNc1ncc(C(=O)Nc2cc(Cl)ccc2F)cc1Cl. The average molecular weight is 315 g/mol. The number of nitrogen functional groups attached to an aromatic ring is 1. The van der Waals surface area contributed by atoms with Crippen LogP contribution in [-0.2, 0) is 0 Å². The molecule has 0 aliphatic heterocycles. The molecule has 1 aromatic heterocycles. The molecule has 0 saturated heterocycles. The quantitative estimate of drug-likeness (QED) is 0.601. The van der Waals surface area contributed by atoms with Crippen molar-refractivity contribution < 1.29 is 9.18 Å². The second-order valence-electron chi connectivity index (χ2n) is 3.78. The van der Waals surface area contributed by atoms with E-state index in [0.29, 0.717) is 5.02 Å². The van der Waals surface area contributed by atoms with Crippen molar-refractivity contribution in [1.29, 1.82) is 0 Å². The maximum atomic E-state index is 13.5. The van der Waals surface area contributed by atoms with Gasteiger partial charge in [-0.1, -0.05) is 23.2 Å². The summed E-state index contributed by atoms with van der Waals surface area (Å²) in [5.41, 5.74) is 2.41. The number of carbonyl (C=O) groups excluding carboxylic acids is 1. The summed E-state index contributed by atoms with van der Waals surface area (Å²) in [5.74, 6) is 4.25. The number of aromatic nitrogens is 1. The van der Waals surface area contributed by atoms with Crippen LogP contribution in [-0.4, -0.2) is 10.9 Å². The molecule has 0 spiro atoms. The normalized spacial score (nSPS) is 10.2. The molecule has 104 valence electrons. The van der Waals surface area contributed by atoms with Crippen molar-refractivity contribution >= 4 is 40.6 Å². The lowest BCUT2D eigenvalue weighted by Crippen LogP contribution is -2.15. The lowest BCUT2D eigenvalue weighted by Gasteiger charge is -2.08. The lowest BCUT2D eigenvalue weighted by atomic mass is 10.2. The van der Waals surface area contributed by atoms with E-state index in [4.69, 9.17) is 29.0 Å². The maximum absolute atomic E-state index is 13.5. The number of amides is 1. The molecule has 0 atom stereocenters. The van der Waals surface area contributed by atoms with Gasteiger partial charge in [-0.05, 0) is 24.3 Å². The zero-order valence-electron chi connectivity index (χ0n) is 9.95. The summed E-state index contributed by atoms with van der Waals surface area (Å²) in [7, 11) is 0. The Hall–Kier alpha value is -1.89. The maximum Gasteiger partial charge on any atom is 0.257 e. The second-order valence-corrected chi connectivity index (χ2v) is 4.62. The lowest BCUT2D eigenvalue weighted by molar-refractivity contribution is 0.102. The minimum Gasteiger partial charge on any atom is -0.319 e. The van der Waals surface area contributed by atoms with Gasteiger partial charge in [-0.3, -0.25) is 4.79 Å². The van der Waals surface area contributed by atoms with E-state index in [2.05, 4.69) is 15.7 Å². The first-order valence-corrected chi connectivity index (χ1v) is 6.15. The third-order valence-electron chi connectivity index (χ3n) is 2.42. The van der Waals surface area contributed by atoms with Gasteiger partial charge < -0.3 is 10.7 Å². The zero-order valence-corrected chi connectivity index (χ0v) is 11.5. The van der Waals surface area contributed by atoms with Crippen LogP contribution in [0.4, 0.5) is 15.9 Å². The Balaban J connectivity index is 2.24. The number of hydrazine groups is 1. The van der Waals surface area contributed by atoms with Crippen LogP contribution in [0, 0.1) is 5.82 Å². The first kappa shape index (κ1) is 14.5. The first-order valence-electron chi connectivity index (χ1n) is 5.40. The molecule has 0 unspecified atom stereocenters. The Labute approximate surface area is 123 Å². The Morgan fingerprint density at radius 2 is 2.05 bits per heavy atom. The van der Waals surface area contributed by atoms with Gasteiger partial charge in [0.2, 0.25) is 0 Å². The number of anilines is 2. The van der Waals surface area contributed by atoms with E-state index in [1.807, 2.05) is 0 Å². The molecule has 0 bridgehead atoms. The van der Waals surface area contributed by atoms with Crippen LogP contribution >= 0.6 is 23.2 Å². The van der Waals surface area contributed by atoms with Gasteiger partial charge >= 0.3 is 0 Å². The van der Waals surface area contributed by atoms with Crippen molar-refractivity contribution in [3.8, 4) is 0 Å². The van der Waals surface area contributed by atoms with Crippen molar-refractivity contribution in [2.24, 2.45) is 5.84 Å². The standard InChI is InChI=1S/C12H9Cl2FN4O/c13-7-1-2-9(15)10(4-7)18-12(20)6-3-8(14)11(19-16)17-5-6/h1-5H,16H2,(H,17,19)(H,18,20). The Morgan fingerprint density at radius 1 is 1.30 bits per heavy atom. The molecule has 4 N–H and O–H groups in total. The van der Waals surface area contributed by atoms with Gasteiger partial charge in [-0.15, -0.1) is 0 Å². The molecule has 5 nitrogen and oxygen atoms in total. The fourth-order valence-electron chi connectivity index (χ4n) is 1.46. The molecule has 0 radical (unpaired) electrons. The highest BCUT2D eigenvalue weighted by Gasteiger charge is 2.12. The number of nitrogens with zero attached hydrogens (tertiary/aromatic N) is 1. The van der Waals surface area contributed by atoms with Gasteiger partial charge in [0.25, 0.3) is 5.91 Å². The Bertz CT molecular complexity index is 666. The molecular weight excluding hydrogens is 306 g/mol. The van der Waals surface area contributed by atoms with Crippen molar-refractivity contribution in [2.45, 2.75) is 0 Å². The molecule has 0 saturated carbocycles. The van der Waals surface area contributed by atoms with Gasteiger partial charge in [0.05, 0.1) is 16.3 Å². The van der Waals surface area contributed by atoms with Gasteiger partial charge in [-0.25, -0.2) is 15.2 Å². The number of nitrogens with one attached hydrogen (secondary N) is 2. The summed E-state index contributed by atoms with van der Waals surface area (Å²) in [6.07, 6.45) is 1.26. The smallest absolute Gasteiger partial charge is 0.257 e. The van der Waals surface area contributed by atoms with Crippen molar-refractivity contribution in [3.63, 3.8) is 0 Å². The highest BCUT2D eigenvalue weighted by atomic mass is 35.5. The zero-order chi connectivity index (χ0) is 14.7. The van der Waals surface area contributed by atoms with E-state index >= 15 is 0 Å². The molecule has 1 aromatic carbocycles. The number of nitrogens with two attached hydrogens (primary N) is 1. The molecular formula is C12H9Cl2FN4O. The van der Waals surface area contributed by atoms with E-state index in [0.717, 1.165) is 6.07 Å². The van der Waals surface area contributed by atoms with Crippen LogP contribution < -0.4 is 16.6 Å². The van der Waals surface area contributed by atoms with Crippen LogP contribution in [0.15, 0.2) is 30.5 Å². The summed E-state index contributed by atoms with van der Waals surface area (Å²) >= 11 is 11.6. The number of carbonyl (C=O) groups is 1. The van der Waals surface area contributed by atoms with Gasteiger partial charge in [0.1, 0.15) is 5.82 Å². The third kappa shape index (κ3) is 3.16. The van der Waals surface area contributed by atoms with E-state index in [-0.39, 0.29) is 22.1 Å². The molecule has 20 heavy (non-hydrogen) atoms.